The SMILES string of the molecule is Cc1nc(-c2ccncc2)ncc1[C@H](C)NC(=O)c1cc(=O)c2ccccc2[nH]1. The van der Waals surface area contributed by atoms with Crippen LogP contribution >= 0.6 is 0 Å². The summed E-state index contributed by atoms with van der Waals surface area (Å²) in [6.07, 6.45) is 5.09. The van der Waals surface area contributed by atoms with Crippen LogP contribution in [0.25, 0.3) is 22.3 Å². The fourth-order valence-corrected chi connectivity index (χ4v) is 3.21. The molecule has 0 fully saturated rings. The summed E-state index contributed by atoms with van der Waals surface area (Å²) in [7, 11) is 0. The van der Waals surface area contributed by atoms with Gasteiger partial charge in [-0.05, 0) is 38.1 Å². The van der Waals surface area contributed by atoms with Crippen molar-refractivity contribution in [1.82, 2.24) is 25.3 Å². The van der Waals surface area contributed by atoms with Gasteiger partial charge in [0.15, 0.2) is 11.3 Å². The average molecular weight is 385 g/mol. The lowest BCUT2D eigenvalue weighted by Gasteiger charge is -2.16. The fraction of sp³-hybridized carbons (Fsp3) is 0.136. The number of aromatic amines is 1. The Hall–Kier alpha value is -3.87. The highest BCUT2D eigenvalue weighted by molar-refractivity contribution is 5.95. The van der Waals surface area contributed by atoms with Gasteiger partial charge >= 0.3 is 0 Å². The Bertz CT molecular complexity index is 1250. The van der Waals surface area contributed by atoms with Crippen LogP contribution in [-0.2, 0) is 0 Å². The second-order valence-electron chi connectivity index (χ2n) is 6.76. The highest BCUT2D eigenvalue weighted by Gasteiger charge is 2.17. The maximum atomic E-state index is 12.7. The predicted molar refractivity (Wildman–Crippen MR) is 110 cm³/mol. The van der Waals surface area contributed by atoms with Crippen LogP contribution in [0.3, 0.4) is 0 Å². The zero-order valence-electron chi connectivity index (χ0n) is 16.0. The largest absolute Gasteiger partial charge is 0.350 e. The first-order chi connectivity index (χ1) is 14.0. The smallest absolute Gasteiger partial charge is 0.268 e. The maximum absolute atomic E-state index is 12.7. The molecule has 1 aromatic carbocycles. The molecular formula is C22H19N5O2. The number of para-hydroxylation sites is 1. The average Bonchev–Trinajstić information content (AvgIpc) is 2.74. The number of H-pyrrole nitrogens is 1. The van der Waals surface area contributed by atoms with Crippen LogP contribution in [-0.4, -0.2) is 25.8 Å². The first-order valence-corrected chi connectivity index (χ1v) is 9.20. The molecule has 1 amide bonds. The van der Waals surface area contributed by atoms with E-state index in [0.29, 0.717) is 16.7 Å². The highest BCUT2D eigenvalue weighted by atomic mass is 16.2. The number of nitrogens with zero attached hydrogens (tertiary/aromatic N) is 3. The summed E-state index contributed by atoms with van der Waals surface area (Å²) in [6, 6.07) is 11.8. The van der Waals surface area contributed by atoms with Gasteiger partial charge in [-0.25, -0.2) is 9.97 Å². The molecule has 0 bridgehead atoms. The van der Waals surface area contributed by atoms with E-state index in [9.17, 15) is 9.59 Å². The molecule has 29 heavy (non-hydrogen) atoms. The van der Waals surface area contributed by atoms with E-state index in [4.69, 9.17) is 0 Å². The van der Waals surface area contributed by atoms with Crippen LogP contribution in [0, 0.1) is 6.92 Å². The number of carbonyl (C=O) groups excluding carboxylic acids is 1. The van der Waals surface area contributed by atoms with Gasteiger partial charge in [0.05, 0.1) is 6.04 Å². The van der Waals surface area contributed by atoms with Crippen molar-refractivity contribution in [2.45, 2.75) is 19.9 Å². The molecule has 0 unspecified atom stereocenters. The maximum Gasteiger partial charge on any atom is 0.268 e. The van der Waals surface area contributed by atoms with Crippen LogP contribution in [0.15, 0.2) is 65.8 Å². The number of rotatable bonds is 4. The van der Waals surface area contributed by atoms with Crippen molar-refractivity contribution in [3.8, 4) is 11.4 Å². The van der Waals surface area contributed by atoms with Crippen LogP contribution in [0.5, 0.6) is 0 Å². The molecule has 0 radical (unpaired) electrons. The lowest BCUT2D eigenvalue weighted by atomic mass is 10.1. The van der Waals surface area contributed by atoms with Gasteiger partial charge < -0.3 is 10.3 Å². The third kappa shape index (κ3) is 3.75. The Morgan fingerprint density at radius 1 is 1.14 bits per heavy atom. The second-order valence-corrected chi connectivity index (χ2v) is 6.76. The van der Waals surface area contributed by atoms with Gasteiger partial charge in [-0.2, -0.15) is 0 Å². The molecule has 0 saturated heterocycles. The van der Waals surface area contributed by atoms with Crippen molar-refractivity contribution < 1.29 is 4.79 Å². The van der Waals surface area contributed by atoms with E-state index in [1.54, 1.807) is 36.8 Å². The molecule has 3 heterocycles. The number of nitrogens with one attached hydrogen (secondary N) is 2. The Labute approximate surface area is 166 Å². The standard InChI is InChI=1S/C22H19N5O2/c1-13-17(12-24-21(25-13)15-7-9-23-10-8-15)14(2)26-22(29)19-11-20(28)16-5-3-4-6-18(16)27-19/h3-12,14H,1-2H3,(H,26,29)(H,27,28)/t14-/m0/s1. The van der Waals surface area contributed by atoms with Crippen LogP contribution in [0.2, 0.25) is 0 Å². The molecule has 1 atom stereocenters. The molecule has 3 aromatic heterocycles. The molecule has 0 aliphatic rings. The fourth-order valence-electron chi connectivity index (χ4n) is 3.21. The quantitative estimate of drug-likeness (QED) is 0.562. The monoisotopic (exact) mass is 385 g/mol. The topological polar surface area (TPSA) is 101 Å². The summed E-state index contributed by atoms with van der Waals surface area (Å²) in [4.78, 5) is 40.9. The van der Waals surface area contributed by atoms with Crippen LogP contribution < -0.4 is 10.7 Å². The molecule has 0 aliphatic carbocycles. The lowest BCUT2D eigenvalue weighted by molar-refractivity contribution is 0.0935. The van der Waals surface area contributed by atoms with E-state index in [0.717, 1.165) is 16.8 Å². The zero-order valence-corrected chi connectivity index (χ0v) is 16.0. The Morgan fingerprint density at radius 3 is 2.66 bits per heavy atom. The summed E-state index contributed by atoms with van der Waals surface area (Å²) in [5, 5.41) is 3.45. The van der Waals surface area contributed by atoms with Crippen molar-refractivity contribution >= 4 is 16.8 Å². The number of benzene rings is 1. The van der Waals surface area contributed by atoms with E-state index in [1.165, 1.54) is 6.07 Å². The van der Waals surface area contributed by atoms with E-state index >= 15 is 0 Å². The van der Waals surface area contributed by atoms with Gasteiger partial charge in [-0.1, -0.05) is 12.1 Å². The van der Waals surface area contributed by atoms with Gasteiger partial charge in [0.25, 0.3) is 5.91 Å². The number of aryl methyl sites for hydroxylation is 1. The summed E-state index contributed by atoms with van der Waals surface area (Å²) in [5.41, 5.74) is 3.09. The Kier molecular flexibility index (Phi) is 4.87. The summed E-state index contributed by atoms with van der Waals surface area (Å²) >= 11 is 0. The molecule has 0 spiro atoms. The molecule has 2 N–H and O–H groups in total. The second kappa shape index (κ2) is 7.63. The van der Waals surface area contributed by atoms with Crippen molar-refractivity contribution in [2.24, 2.45) is 0 Å². The number of fused-ring (bicyclic) bond motifs is 1. The molecule has 0 saturated carbocycles. The van der Waals surface area contributed by atoms with Crippen molar-refractivity contribution in [3.05, 3.63) is 88.2 Å². The zero-order chi connectivity index (χ0) is 20.4. The lowest BCUT2D eigenvalue weighted by Crippen LogP contribution is -2.29. The van der Waals surface area contributed by atoms with Gasteiger partial charge in [-0.3, -0.25) is 14.6 Å². The van der Waals surface area contributed by atoms with Gasteiger partial charge in [0, 0.05) is 52.4 Å². The van der Waals surface area contributed by atoms with E-state index in [1.807, 2.05) is 32.0 Å². The molecule has 144 valence electrons. The normalized spacial score (nSPS) is 11.9. The van der Waals surface area contributed by atoms with Crippen LogP contribution in [0.1, 0.15) is 34.7 Å². The van der Waals surface area contributed by atoms with Crippen molar-refractivity contribution in [1.29, 1.82) is 0 Å². The molecule has 4 aromatic rings. The molecule has 0 aliphatic heterocycles. The minimum absolute atomic E-state index is 0.196. The van der Waals surface area contributed by atoms with E-state index in [-0.39, 0.29) is 23.1 Å². The Morgan fingerprint density at radius 2 is 1.90 bits per heavy atom. The van der Waals surface area contributed by atoms with Gasteiger partial charge in [0.1, 0.15) is 5.69 Å². The summed E-state index contributed by atoms with van der Waals surface area (Å²) < 4.78 is 0. The van der Waals surface area contributed by atoms with Crippen molar-refractivity contribution in [3.63, 3.8) is 0 Å². The van der Waals surface area contributed by atoms with Crippen molar-refractivity contribution in [2.75, 3.05) is 0 Å². The highest BCUT2D eigenvalue weighted by Crippen LogP contribution is 2.20. The number of pyridine rings is 2. The third-order valence-electron chi connectivity index (χ3n) is 4.75. The molecule has 4 rings (SSSR count). The first-order valence-electron chi connectivity index (χ1n) is 9.20. The Balaban J connectivity index is 1.57. The van der Waals surface area contributed by atoms with Gasteiger partial charge in [0.2, 0.25) is 0 Å². The number of carbonyl (C=O) groups is 1. The summed E-state index contributed by atoms with van der Waals surface area (Å²) in [5.74, 6) is 0.240. The van der Waals surface area contributed by atoms with E-state index in [2.05, 4.69) is 25.3 Å². The molecule has 7 nitrogen and oxygen atoms in total. The number of amides is 1. The van der Waals surface area contributed by atoms with Crippen LogP contribution in [0.4, 0.5) is 0 Å². The first kappa shape index (κ1) is 18.5. The molecule has 7 heteroatoms. The number of hydrogen-bond acceptors (Lipinski definition) is 5. The summed E-state index contributed by atoms with van der Waals surface area (Å²) in [6.45, 7) is 3.73. The number of hydrogen-bond donors (Lipinski definition) is 2. The minimum Gasteiger partial charge on any atom is -0.350 e. The van der Waals surface area contributed by atoms with E-state index < -0.39 is 0 Å². The van der Waals surface area contributed by atoms with Gasteiger partial charge in [-0.15, -0.1) is 0 Å². The predicted octanol–water partition coefficient (Wildman–Crippen LogP) is 3.18. The third-order valence-corrected chi connectivity index (χ3v) is 4.75. The number of aromatic nitrogens is 4. The minimum atomic E-state index is -0.363. The molecular weight excluding hydrogens is 366 g/mol.